The zero-order valence-electron chi connectivity index (χ0n) is 11.5. The third kappa shape index (κ3) is 3.54. The van der Waals surface area contributed by atoms with E-state index in [2.05, 4.69) is 15.9 Å². The van der Waals surface area contributed by atoms with Crippen molar-refractivity contribution in [2.24, 2.45) is 0 Å². The monoisotopic (exact) mass is 316 g/mol. The zero-order chi connectivity index (χ0) is 13.6. The van der Waals surface area contributed by atoms with Crippen molar-refractivity contribution in [1.82, 2.24) is 0 Å². The van der Waals surface area contributed by atoms with Crippen LogP contribution in [-0.4, -0.2) is 19.8 Å². The van der Waals surface area contributed by atoms with Crippen LogP contribution in [0.3, 0.4) is 0 Å². The van der Waals surface area contributed by atoms with Gasteiger partial charge in [0.15, 0.2) is 0 Å². The van der Waals surface area contributed by atoms with Gasteiger partial charge in [-0.2, -0.15) is 0 Å². The first-order valence-electron chi connectivity index (χ1n) is 6.28. The van der Waals surface area contributed by atoms with Gasteiger partial charge in [0.1, 0.15) is 0 Å². The molecule has 1 aromatic carbocycles. The van der Waals surface area contributed by atoms with Crippen LogP contribution in [0, 0.1) is 6.92 Å². The largest absolute Gasteiger partial charge is 0.324 e. The Morgan fingerprint density at radius 3 is 1.89 bits per heavy atom. The Labute approximate surface area is 118 Å². The molecule has 0 saturated carbocycles. The Bertz CT molecular complexity index is 362. The molecule has 1 rings (SSSR count). The molecule has 0 atom stereocenters. The summed E-state index contributed by atoms with van der Waals surface area (Å²) in [4.78, 5) is 0. The Kier molecular flexibility index (Phi) is 6.29. The minimum Gasteiger partial charge on any atom is -0.324 e. The van der Waals surface area contributed by atoms with Crippen molar-refractivity contribution in [3.8, 4) is 0 Å². The quantitative estimate of drug-likeness (QED) is 0.712. The number of aryl methyl sites for hydroxylation is 1. The molecule has 0 aromatic heterocycles. The summed E-state index contributed by atoms with van der Waals surface area (Å²) in [6.07, 6.45) is 0. The van der Waals surface area contributed by atoms with E-state index in [-0.39, 0.29) is 0 Å². The average molecular weight is 317 g/mol. The lowest BCUT2D eigenvalue weighted by molar-refractivity contribution is -0.389. The van der Waals surface area contributed by atoms with E-state index in [1.54, 1.807) is 0 Å². The highest BCUT2D eigenvalue weighted by molar-refractivity contribution is 9.10. The molecule has 4 heteroatoms. The fraction of sp³-hybridized carbons (Fsp3) is 0.571. The highest BCUT2D eigenvalue weighted by Crippen LogP contribution is 2.32. The average Bonchev–Trinajstić information content (AvgIpc) is 2.29. The van der Waals surface area contributed by atoms with Gasteiger partial charge in [0, 0.05) is 29.9 Å². The normalized spacial score (nSPS) is 11.8. The van der Waals surface area contributed by atoms with Crippen LogP contribution >= 0.6 is 15.9 Å². The fourth-order valence-corrected chi connectivity index (χ4v) is 2.37. The minimum atomic E-state index is -1.09. The summed E-state index contributed by atoms with van der Waals surface area (Å²) in [6.45, 7) is 9.38. The number of rotatable bonds is 7. The van der Waals surface area contributed by atoms with Gasteiger partial charge in [0.2, 0.25) is 0 Å². The molecule has 0 saturated heterocycles. The first-order chi connectivity index (χ1) is 8.59. The van der Waals surface area contributed by atoms with E-state index in [1.165, 1.54) is 0 Å². The van der Waals surface area contributed by atoms with E-state index in [1.807, 2.05) is 45.9 Å². The molecule has 1 aromatic rings. The lowest BCUT2D eigenvalue weighted by Crippen LogP contribution is -2.37. The second-order valence-electron chi connectivity index (χ2n) is 3.81. The molecule has 0 bridgehead atoms. The molecule has 0 N–H and O–H groups in total. The summed E-state index contributed by atoms with van der Waals surface area (Å²) in [5.41, 5.74) is 1.98. The minimum absolute atomic E-state index is 0.523. The molecule has 0 radical (unpaired) electrons. The summed E-state index contributed by atoms with van der Waals surface area (Å²) < 4.78 is 18.3. The highest BCUT2D eigenvalue weighted by atomic mass is 79.9. The van der Waals surface area contributed by atoms with Gasteiger partial charge < -0.3 is 14.2 Å². The smallest absolute Gasteiger partial charge is 0.312 e. The Hall–Kier alpha value is -0.420. The number of ether oxygens (including phenoxy) is 3. The molecule has 0 amide bonds. The highest BCUT2D eigenvalue weighted by Gasteiger charge is 2.36. The Morgan fingerprint density at radius 1 is 1.00 bits per heavy atom. The summed E-state index contributed by atoms with van der Waals surface area (Å²) in [6, 6.07) is 5.97. The van der Waals surface area contributed by atoms with Gasteiger partial charge >= 0.3 is 5.97 Å². The molecule has 0 aliphatic rings. The van der Waals surface area contributed by atoms with Crippen molar-refractivity contribution in [3.05, 3.63) is 33.8 Å². The molecule has 18 heavy (non-hydrogen) atoms. The molecular formula is C14H21BrO3. The number of hydrogen-bond acceptors (Lipinski definition) is 3. The molecule has 0 aliphatic heterocycles. The SMILES string of the molecule is CCOC(OCC)(OCC)c1ccc(Br)cc1C. The lowest BCUT2D eigenvalue weighted by atomic mass is 10.1. The van der Waals surface area contributed by atoms with Gasteiger partial charge in [-0.05, 0) is 51.5 Å². The van der Waals surface area contributed by atoms with E-state index < -0.39 is 5.97 Å². The van der Waals surface area contributed by atoms with Gasteiger partial charge in [-0.15, -0.1) is 0 Å². The van der Waals surface area contributed by atoms with Crippen LogP contribution in [0.4, 0.5) is 0 Å². The van der Waals surface area contributed by atoms with Crippen LogP contribution in [0.5, 0.6) is 0 Å². The molecule has 0 heterocycles. The number of hydrogen-bond donors (Lipinski definition) is 0. The molecule has 102 valence electrons. The second-order valence-corrected chi connectivity index (χ2v) is 4.73. The van der Waals surface area contributed by atoms with Gasteiger partial charge in [0.05, 0.1) is 0 Å². The maximum atomic E-state index is 5.76. The predicted molar refractivity (Wildman–Crippen MR) is 75.4 cm³/mol. The Balaban J connectivity index is 3.21. The Morgan fingerprint density at radius 2 is 1.50 bits per heavy atom. The van der Waals surface area contributed by atoms with E-state index in [4.69, 9.17) is 14.2 Å². The van der Waals surface area contributed by atoms with Crippen molar-refractivity contribution < 1.29 is 14.2 Å². The van der Waals surface area contributed by atoms with Crippen LogP contribution in [0.15, 0.2) is 22.7 Å². The van der Waals surface area contributed by atoms with E-state index in [9.17, 15) is 0 Å². The third-order valence-electron chi connectivity index (χ3n) is 2.52. The predicted octanol–water partition coefficient (Wildman–Crippen LogP) is 3.98. The van der Waals surface area contributed by atoms with Gasteiger partial charge in [-0.3, -0.25) is 0 Å². The topological polar surface area (TPSA) is 27.7 Å². The van der Waals surface area contributed by atoms with Crippen LogP contribution in [0.1, 0.15) is 31.9 Å². The van der Waals surface area contributed by atoms with E-state index >= 15 is 0 Å². The van der Waals surface area contributed by atoms with E-state index in [0.29, 0.717) is 19.8 Å². The van der Waals surface area contributed by atoms with Crippen molar-refractivity contribution in [2.45, 2.75) is 33.7 Å². The molecule has 0 fully saturated rings. The van der Waals surface area contributed by atoms with Crippen LogP contribution in [0.2, 0.25) is 0 Å². The zero-order valence-corrected chi connectivity index (χ0v) is 13.0. The van der Waals surface area contributed by atoms with Crippen molar-refractivity contribution in [2.75, 3.05) is 19.8 Å². The molecular weight excluding hydrogens is 296 g/mol. The fourth-order valence-electron chi connectivity index (χ4n) is 1.90. The standard InChI is InChI=1S/C14H21BrO3/c1-5-16-14(17-6-2,18-7-3)13-9-8-12(15)10-11(13)4/h8-10H,5-7H2,1-4H3. The maximum absolute atomic E-state index is 5.76. The lowest BCUT2D eigenvalue weighted by Gasteiger charge is -2.33. The summed E-state index contributed by atoms with van der Waals surface area (Å²) in [5, 5.41) is 0. The van der Waals surface area contributed by atoms with Gasteiger partial charge in [-0.1, -0.05) is 15.9 Å². The summed E-state index contributed by atoms with van der Waals surface area (Å²) in [5.74, 6) is -1.09. The van der Waals surface area contributed by atoms with E-state index in [0.717, 1.165) is 15.6 Å². The second kappa shape index (κ2) is 7.24. The molecule has 0 aliphatic carbocycles. The number of benzene rings is 1. The molecule has 3 nitrogen and oxygen atoms in total. The third-order valence-corrected chi connectivity index (χ3v) is 3.01. The van der Waals surface area contributed by atoms with Crippen LogP contribution in [-0.2, 0) is 20.2 Å². The van der Waals surface area contributed by atoms with Gasteiger partial charge in [0.25, 0.3) is 0 Å². The summed E-state index contributed by atoms with van der Waals surface area (Å²) >= 11 is 3.46. The molecule has 0 spiro atoms. The van der Waals surface area contributed by atoms with Gasteiger partial charge in [-0.25, -0.2) is 0 Å². The maximum Gasteiger partial charge on any atom is 0.312 e. The first-order valence-corrected chi connectivity index (χ1v) is 7.07. The van der Waals surface area contributed by atoms with Crippen molar-refractivity contribution >= 4 is 15.9 Å². The van der Waals surface area contributed by atoms with Crippen molar-refractivity contribution in [3.63, 3.8) is 0 Å². The molecule has 0 unspecified atom stereocenters. The first kappa shape index (κ1) is 15.6. The van der Waals surface area contributed by atoms with Crippen LogP contribution in [0.25, 0.3) is 0 Å². The number of halogens is 1. The summed E-state index contributed by atoms with van der Waals surface area (Å²) in [7, 11) is 0. The van der Waals surface area contributed by atoms with Crippen LogP contribution < -0.4 is 0 Å². The van der Waals surface area contributed by atoms with Crippen molar-refractivity contribution in [1.29, 1.82) is 0 Å².